The first-order valence-corrected chi connectivity index (χ1v) is 41.4. The van der Waals surface area contributed by atoms with Gasteiger partial charge in [0, 0.05) is 101 Å². The molecule has 20 rings (SSSR count). The molecule has 0 spiro atoms. The third-order valence-electron chi connectivity index (χ3n) is 26.6. The van der Waals surface area contributed by atoms with Gasteiger partial charge in [-0.15, -0.1) is 0 Å². The maximum atomic E-state index is 8.63. The minimum Gasteiger partial charge on any atom is -0.201 e. The average molecular weight is 1540 g/mol. The van der Waals surface area contributed by atoms with E-state index in [-0.39, 0.29) is 45.2 Å². The Morgan fingerprint density at radius 1 is 0.214 bits per heavy atom. The lowest BCUT2D eigenvalue weighted by Crippen LogP contribution is -2.35. The molecule has 0 radical (unpaired) electrons. The summed E-state index contributed by atoms with van der Waals surface area (Å²) in [6, 6.07) is 85.8. The highest BCUT2D eigenvalue weighted by Gasteiger charge is 2.45. The first-order valence-electron chi connectivity index (χ1n) is 44.4. The number of hydrogen-bond acceptors (Lipinski definition) is 0. The zero-order valence-corrected chi connectivity index (χ0v) is 72.5. The van der Waals surface area contributed by atoms with Gasteiger partial charge in [-0.2, -0.15) is 9.13 Å². The second-order valence-electron chi connectivity index (χ2n) is 35.6. The molecule has 0 saturated heterocycles. The zero-order chi connectivity index (χ0) is 87.9. The Morgan fingerprint density at radius 2 is 0.521 bits per heavy atom. The molecule has 117 heavy (non-hydrogen) atoms. The highest BCUT2D eigenvalue weighted by atomic mass is 15.0. The number of aromatic nitrogens is 5. The van der Waals surface area contributed by atoms with Gasteiger partial charge in [0.2, 0.25) is 28.5 Å². The van der Waals surface area contributed by atoms with Gasteiger partial charge in [0.1, 0.15) is 35.2 Å². The Morgan fingerprint density at radius 3 is 0.897 bits per heavy atom. The molecule has 0 saturated carbocycles. The highest BCUT2D eigenvalue weighted by Crippen LogP contribution is 2.58. The molecule has 15 aromatic rings. The van der Waals surface area contributed by atoms with E-state index in [0.717, 1.165) is 28.2 Å². The first kappa shape index (κ1) is 71.5. The Kier molecular flexibility index (Phi) is 18.3. The Balaban J connectivity index is 0.000000114. The highest BCUT2D eigenvalue weighted by molar-refractivity contribution is 5.93. The van der Waals surface area contributed by atoms with Crippen molar-refractivity contribution in [3.8, 4) is 112 Å². The van der Waals surface area contributed by atoms with Crippen molar-refractivity contribution in [2.24, 2.45) is 35.2 Å². The minimum atomic E-state index is -0.192. The molecule has 5 aromatic heterocycles. The van der Waals surface area contributed by atoms with Gasteiger partial charge in [-0.05, 0) is 204 Å². The number of aryl methyl sites for hydroxylation is 9. The van der Waals surface area contributed by atoms with Crippen LogP contribution >= 0.6 is 0 Å². The van der Waals surface area contributed by atoms with Crippen LogP contribution in [-0.2, 0) is 62.3 Å². The lowest BCUT2D eigenvalue weighted by Gasteiger charge is -2.24. The van der Waals surface area contributed by atoms with Crippen molar-refractivity contribution in [2.45, 2.75) is 145 Å². The molecule has 5 heterocycles. The summed E-state index contributed by atoms with van der Waals surface area (Å²) in [5.74, 6) is 0. The maximum absolute atomic E-state index is 8.63. The summed E-state index contributed by atoms with van der Waals surface area (Å²) in [5, 5.41) is 0. The van der Waals surface area contributed by atoms with Gasteiger partial charge in [0.25, 0.3) is 0 Å². The van der Waals surface area contributed by atoms with Crippen LogP contribution in [0.4, 0.5) is 0 Å². The van der Waals surface area contributed by atoms with E-state index >= 15 is 0 Å². The smallest absolute Gasteiger partial charge is 0.201 e. The van der Waals surface area contributed by atoms with Crippen LogP contribution in [0.3, 0.4) is 0 Å². The van der Waals surface area contributed by atoms with Gasteiger partial charge in [-0.25, -0.2) is 13.7 Å². The largest absolute Gasteiger partial charge is 0.213 e. The first-order chi connectivity index (χ1) is 58.3. The van der Waals surface area contributed by atoms with E-state index in [1.807, 2.05) is 81.6 Å². The van der Waals surface area contributed by atoms with E-state index in [1.54, 1.807) is 0 Å². The molecule has 0 aliphatic heterocycles. The number of pyridine rings is 5. The van der Waals surface area contributed by atoms with Crippen molar-refractivity contribution in [1.82, 2.24) is 0 Å². The van der Waals surface area contributed by atoms with Gasteiger partial charge >= 0.3 is 0 Å². The fourth-order valence-electron chi connectivity index (χ4n) is 20.3. The van der Waals surface area contributed by atoms with Crippen LogP contribution in [-0.4, -0.2) is 0 Å². The molecule has 10 aromatic carbocycles. The molecule has 0 fully saturated rings. The molecule has 5 nitrogen and oxygen atoms in total. The number of fused-ring (bicyclic) bond motifs is 15. The van der Waals surface area contributed by atoms with Gasteiger partial charge in [0.15, 0.2) is 30.0 Å². The molecule has 582 valence electrons. The second-order valence-corrected chi connectivity index (χ2v) is 35.6. The molecule has 5 aliphatic carbocycles. The third-order valence-corrected chi connectivity index (χ3v) is 26.6. The Bertz CT molecular complexity index is 6730. The predicted octanol–water partition coefficient (Wildman–Crippen LogP) is 24.6. The van der Waals surface area contributed by atoms with Crippen LogP contribution in [0.5, 0.6) is 0 Å². The Hall–Kier alpha value is -12.1. The van der Waals surface area contributed by atoms with Crippen molar-refractivity contribution < 1.29 is 31.1 Å². The van der Waals surface area contributed by atoms with Crippen molar-refractivity contribution in [2.75, 3.05) is 0 Å². The summed E-state index contributed by atoms with van der Waals surface area (Å²) >= 11 is 0. The summed E-state index contributed by atoms with van der Waals surface area (Å²) in [7, 11) is 10.2. The van der Waals surface area contributed by atoms with E-state index in [0.29, 0.717) is 23.8 Å². The van der Waals surface area contributed by atoms with Crippen molar-refractivity contribution in [1.29, 1.82) is 0 Å². The number of benzene rings is 10. The van der Waals surface area contributed by atoms with Crippen LogP contribution in [0.2, 0.25) is 0 Å². The maximum Gasteiger partial charge on any atom is 0.213 e. The quantitative estimate of drug-likeness (QED) is 0.153. The predicted molar refractivity (Wildman–Crippen MR) is 486 cm³/mol. The SMILES string of the molecule is Cc1ccc2c(c1-c1cccc(C)[n+]1C)C(C)(C)c1ccccc1-2.[2H]c1c([2H])c(C)[n+](C)c(-c2c(C)ccc3c2C(C)(C)c2ccccc2-3)c1[2H].[2H]c1cc[n+](C)c(-c2c(C)ccc3c2C(C)(C)c2ccccc2-3)c1.[2H]c1ccc(-c2c(C)ccc3c2C(C)(C)c2ccccc2-3)[n+](C)c1.[2H]c1ccc[n+](C)c1-c1c(C)ccc2c1C(C)(C)c1ccccc1-2. The molecule has 5 heteroatoms. The van der Waals surface area contributed by atoms with Crippen molar-refractivity contribution in [3.05, 3.63) is 386 Å². The topological polar surface area (TPSA) is 19.4 Å². The van der Waals surface area contributed by atoms with Crippen LogP contribution in [0.15, 0.2) is 291 Å². The van der Waals surface area contributed by atoms with Gasteiger partial charge in [-0.3, -0.25) is 0 Å². The number of rotatable bonds is 5. The van der Waals surface area contributed by atoms with Crippen molar-refractivity contribution >= 4 is 0 Å². The zero-order valence-electron chi connectivity index (χ0n) is 78.5. The summed E-state index contributed by atoms with van der Waals surface area (Å²) in [6.07, 6.45) is 5.89. The lowest BCUT2D eigenvalue weighted by atomic mass is 9.78. The fraction of sp³-hybridized carbons (Fsp3) is 0.241. The van der Waals surface area contributed by atoms with Crippen LogP contribution in [0, 0.1) is 48.5 Å². The number of hydrogen-bond donors (Lipinski definition) is 0. The molecule has 0 N–H and O–H groups in total. The van der Waals surface area contributed by atoms with E-state index in [2.05, 4.69) is 349 Å². The normalized spacial score (nSPS) is 15.1. The summed E-state index contributed by atoms with van der Waals surface area (Å²) in [4.78, 5) is 0. The molecule has 0 amide bonds. The Labute approximate surface area is 705 Å². The third kappa shape index (κ3) is 12.9. The molecule has 0 unspecified atom stereocenters. The summed E-state index contributed by atoms with van der Waals surface area (Å²) < 4.78 is 59.9. The fourth-order valence-corrected chi connectivity index (χ4v) is 20.3. The number of nitrogens with zero attached hydrogens (tertiary/aromatic N) is 5. The molecular formula is C112H114N5+5. The van der Waals surface area contributed by atoms with E-state index < -0.39 is 0 Å². The summed E-state index contributed by atoms with van der Waals surface area (Å²) in [5.41, 5.74) is 46.2. The average Bonchev–Trinajstić information content (AvgIpc) is 1.57. The monoisotopic (exact) mass is 1530 g/mol. The standard InChI is InChI=1S/2C23H24N.3C22H22N/c2*1-15-13-14-18-17-10-6-7-11-19(17)23(3,4)22(18)21(15)20-12-8-9-16(2)24(20)5;3*1-15-12-13-17-16-9-5-6-10-18(16)22(2,3)21(17)20(15)19-11-7-8-14-23(19)4/h2*6-14H,1-5H3;3*5-14H,1-4H3/q5*+1/i8D,9D,12D;;11D;8D;7D. The molecule has 5 aliphatic rings. The minimum absolute atomic E-state index is 0.00841. The molecule has 0 bridgehead atoms. The van der Waals surface area contributed by atoms with E-state index in [9.17, 15) is 0 Å². The van der Waals surface area contributed by atoms with Gasteiger partial charge in [-0.1, -0.05) is 251 Å². The van der Waals surface area contributed by atoms with Crippen molar-refractivity contribution in [3.63, 3.8) is 0 Å². The lowest BCUT2D eigenvalue weighted by molar-refractivity contribution is -0.666. The van der Waals surface area contributed by atoms with Gasteiger partial charge in [0.05, 0.1) is 36.0 Å². The van der Waals surface area contributed by atoms with Gasteiger partial charge < -0.3 is 0 Å². The van der Waals surface area contributed by atoms with Crippen LogP contribution in [0.1, 0.15) is 172 Å². The van der Waals surface area contributed by atoms with E-state index in [1.165, 1.54) is 173 Å². The second kappa shape index (κ2) is 29.9. The van der Waals surface area contributed by atoms with E-state index in [4.69, 9.17) is 8.22 Å². The van der Waals surface area contributed by atoms with Crippen LogP contribution < -0.4 is 22.8 Å². The molecule has 0 atom stereocenters. The summed E-state index contributed by atoms with van der Waals surface area (Å²) in [6.45, 7) is 37.9. The van der Waals surface area contributed by atoms with Crippen LogP contribution in [0.25, 0.3) is 112 Å². The molecular weight excluding hydrogens is 1420 g/mol.